The first kappa shape index (κ1) is 12.4. The van der Waals surface area contributed by atoms with E-state index >= 15 is 0 Å². The number of carboxylic acids is 1. The number of aromatic carboxylic acids is 1. The van der Waals surface area contributed by atoms with Crippen molar-refractivity contribution >= 4 is 17.0 Å². The number of carbonyl (C=O) groups is 1. The largest absolute Gasteiger partial charge is 0.476 e. The van der Waals surface area contributed by atoms with Crippen molar-refractivity contribution < 1.29 is 14.4 Å². The van der Waals surface area contributed by atoms with Gasteiger partial charge in [-0.2, -0.15) is 0 Å². The summed E-state index contributed by atoms with van der Waals surface area (Å²) in [5.74, 6) is 0.547. The van der Waals surface area contributed by atoms with Gasteiger partial charge in [-0.15, -0.1) is 0 Å². The van der Waals surface area contributed by atoms with Crippen LogP contribution in [0.1, 0.15) is 36.1 Å². The van der Waals surface area contributed by atoms with Gasteiger partial charge in [0.05, 0.1) is 11.0 Å². The Bertz CT molecular complexity index is 786. The van der Waals surface area contributed by atoms with Crippen LogP contribution in [0.5, 0.6) is 0 Å². The van der Waals surface area contributed by atoms with Crippen molar-refractivity contribution in [2.45, 2.75) is 19.8 Å². The van der Waals surface area contributed by atoms with Crippen molar-refractivity contribution in [3.63, 3.8) is 0 Å². The molecule has 3 aromatic rings. The van der Waals surface area contributed by atoms with Crippen LogP contribution in [0, 0.1) is 0 Å². The molecule has 0 saturated carbocycles. The standard InChI is InChI=1S/C14H13N3O3/c1-7(2)13-15-9-4-3-8(5-10(9)16-13)12-6-11(14(18)19)17-20-12/h3-7H,1-2H3,(H,15,16)(H,18,19). The van der Waals surface area contributed by atoms with Gasteiger partial charge < -0.3 is 14.6 Å². The molecule has 20 heavy (non-hydrogen) atoms. The molecular weight excluding hydrogens is 258 g/mol. The number of hydrogen-bond acceptors (Lipinski definition) is 4. The maximum Gasteiger partial charge on any atom is 0.358 e. The highest BCUT2D eigenvalue weighted by Gasteiger charge is 2.13. The van der Waals surface area contributed by atoms with Crippen LogP contribution in [-0.2, 0) is 0 Å². The average Bonchev–Trinajstić information content (AvgIpc) is 3.04. The minimum atomic E-state index is -1.11. The van der Waals surface area contributed by atoms with E-state index in [1.54, 1.807) is 0 Å². The van der Waals surface area contributed by atoms with Gasteiger partial charge in [-0.25, -0.2) is 9.78 Å². The number of nitrogens with zero attached hydrogens (tertiary/aromatic N) is 2. The molecule has 2 aromatic heterocycles. The quantitative estimate of drug-likeness (QED) is 0.763. The molecule has 0 atom stereocenters. The molecule has 1 aromatic carbocycles. The van der Waals surface area contributed by atoms with E-state index in [4.69, 9.17) is 9.63 Å². The topological polar surface area (TPSA) is 92.0 Å². The molecule has 2 N–H and O–H groups in total. The van der Waals surface area contributed by atoms with Crippen LogP contribution >= 0.6 is 0 Å². The second-order valence-corrected chi connectivity index (χ2v) is 4.89. The molecule has 0 bridgehead atoms. The van der Waals surface area contributed by atoms with E-state index in [2.05, 4.69) is 29.0 Å². The van der Waals surface area contributed by atoms with Gasteiger partial charge in [0.25, 0.3) is 0 Å². The number of aromatic nitrogens is 3. The molecule has 0 aliphatic heterocycles. The van der Waals surface area contributed by atoms with Crippen molar-refractivity contribution in [2.75, 3.05) is 0 Å². The highest BCUT2D eigenvalue weighted by Crippen LogP contribution is 2.25. The fraction of sp³-hybridized carbons (Fsp3) is 0.214. The van der Waals surface area contributed by atoms with Crippen molar-refractivity contribution in [1.82, 2.24) is 15.1 Å². The number of H-pyrrole nitrogens is 1. The monoisotopic (exact) mass is 271 g/mol. The van der Waals surface area contributed by atoms with Crippen LogP contribution in [-0.4, -0.2) is 26.2 Å². The van der Waals surface area contributed by atoms with Gasteiger partial charge in [0.2, 0.25) is 0 Å². The Morgan fingerprint density at radius 1 is 1.35 bits per heavy atom. The first-order chi connectivity index (χ1) is 9.54. The van der Waals surface area contributed by atoms with Crippen LogP contribution in [0.2, 0.25) is 0 Å². The molecule has 6 nitrogen and oxygen atoms in total. The molecule has 0 radical (unpaired) electrons. The van der Waals surface area contributed by atoms with Gasteiger partial charge in [-0.05, 0) is 18.2 Å². The van der Waals surface area contributed by atoms with Crippen LogP contribution < -0.4 is 0 Å². The van der Waals surface area contributed by atoms with Gasteiger partial charge in [0, 0.05) is 17.5 Å². The lowest BCUT2D eigenvalue weighted by Crippen LogP contribution is -1.94. The number of rotatable bonds is 3. The number of aromatic amines is 1. The van der Waals surface area contributed by atoms with E-state index < -0.39 is 5.97 Å². The lowest BCUT2D eigenvalue weighted by Gasteiger charge is -1.96. The van der Waals surface area contributed by atoms with Gasteiger partial charge >= 0.3 is 5.97 Å². The molecule has 0 aliphatic carbocycles. The van der Waals surface area contributed by atoms with Gasteiger partial charge in [-0.3, -0.25) is 0 Å². The molecule has 0 aliphatic rings. The van der Waals surface area contributed by atoms with Crippen LogP contribution in [0.15, 0.2) is 28.8 Å². The second kappa shape index (κ2) is 4.48. The highest BCUT2D eigenvalue weighted by atomic mass is 16.5. The van der Waals surface area contributed by atoms with Crippen molar-refractivity contribution in [1.29, 1.82) is 0 Å². The molecule has 3 rings (SSSR count). The molecule has 0 unspecified atom stereocenters. The Kier molecular flexibility index (Phi) is 2.78. The fourth-order valence-electron chi connectivity index (χ4n) is 1.97. The zero-order valence-corrected chi connectivity index (χ0v) is 11.0. The first-order valence-electron chi connectivity index (χ1n) is 6.24. The van der Waals surface area contributed by atoms with Crippen LogP contribution in [0.4, 0.5) is 0 Å². The van der Waals surface area contributed by atoms with E-state index in [1.165, 1.54) is 6.07 Å². The molecule has 0 fully saturated rings. The third kappa shape index (κ3) is 2.05. The number of carboxylic acid groups (broad SMARTS) is 1. The van der Waals surface area contributed by atoms with E-state index in [0.29, 0.717) is 11.7 Å². The Labute approximate surface area is 114 Å². The number of hydrogen-bond donors (Lipinski definition) is 2. The Hall–Kier alpha value is -2.63. The summed E-state index contributed by atoms with van der Waals surface area (Å²) in [5, 5.41) is 12.3. The summed E-state index contributed by atoms with van der Waals surface area (Å²) in [6, 6.07) is 6.99. The van der Waals surface area contributed by atoms with Gasteiger partial charge in [0.15, 0.2) is 11.5 Å². The summed E-state index contributed by atoms with van der Waals surface area (Å²) in [6.45, 7) is 4.13. The summed E-state index contributed by atoms with van der Waals surface area (Å²) < 4.78 is 5.05. The zero-order chi connectivity index (χ0) is 14.3. The number of fused-ring (bicyclic) bond motifs is 1. The number of imidazole rings is 1. The molecular formula is C14H13N3O3. The third-order valence-electron chi connectivity index (χ3n) is 3.06. The molecule has 102 valence electrons. The van der Waals surface area contributed by atoms with Crippen LogP contribution in [0.3, 0.4) is 0 Å². The van der Waals surface area contributed by atoms with Gasteiger partial charge in [-0.1, -0.05) is 19.0 Å². The minimum Gasteiger partial charge on any atom is -0.476 e. The summed E-state index contributed by atoms with van der Waals surface area (Å²) in [5.41, 5.74) is 2.42. The molecule has 0 saturated heterocycles. The average molecular weight is 271 g/mol. The predicted octanol–water partition coefficient (Wildman–Crippen LogP) is 3.04. The highest BCUT2D eigenvalue weighted by molar-refractivity contribution is 5.87. The Morgan fingerprint density at radius 3 is 2.80 bits per heavy atom. The molecule has 0 spiro atoms. The first-order valence-corrected chi connectivity index (χ1v) is 6.24. The summed E-state index contributed by atoms with van der Waals surface area (Å²) in [6.07, 6.45) is 0. The Morgan fingerprint density at radius 2 is 2.15 bits per heavy atom. The van der Waals surface area contributed by atoms with Crippen molar-refractivity contribution in [3.8, 4) is 11.3 Å². The molecule has 2 heterocycles. The fourth-order valence-corrected chi connectivity index (χ4v) is 1.97. The maximum absolute atomic E-state index is 10.8. The zero-order valence-electron chi connectivity index (χ0n) is 11.0. The normalized spacial score (nSPS) is 11.3. The predicted molar refractivity (Wildman–Crippen MR) is 72.6 cm³/mol. The number of nitrogens with one attached hydrogen (secondary N) is 1. The van der Waals surface area contributed by atoms with E-state index in [0.717, 1.165) is 22.4 Å². The lowest BCUT2D eigenvalue weighted by atomic mass is 10.1. The van der Waals surface area contributed by atoms with E-state index in [-0.39, 0.29) is 5.69 Å². The minimum absolute atomic E-state index is 0.104. The van der Waals surface area contributed by atoms with E-state index in [9.17, 15) is 4.79 Å². The smallest absolute Gasteiger partial charge is 0.358 e. The second-order valence-electron chi connectivity index (χ2n) is 4.89. The third-order valence-corrected chi connectivity index (χ3v) is 3.06. The summed E-state index contributed by atoms with van der Waals surface area (Å²) >= 11 is 0. The van der Waals surface area contributed by atoms with Gasteiger partial charge in [0.1, 0.15) is 5.82 Å². The molecule has 0 amide bonds. The van der Waals surface area contributed by atoms with Crippen molar-refractivity contribution in [2.24, 2.45) is 0 Å². The van der Waals surface area contributed by atoms with Crippen LogP contribution in [0.25, 0.3) is 22.4 Å². The number of benzene rings is 1. The SMILES string of the molecule is CC(C)c1nc2ccc(-c3cc(C(=O)O)no3)cc2[nH]1. The maximum atomic E-state index is 10.8. The summed E-state index contributed by atoms with van der Waals surface area (Å²) in [4.78, 5) is 18.5. The van der Waals surface area contributed by atoms with Crippen molar-refractivity contribution in [3.05, 3.63) is 35.8 Å². The Balaban J connectivity index is 2.05. The summed E-state index contributed by atoms with van der Waals surface area (Å²) in [7, 11) is 0. The lowest BCUT2D eigenvalue weighted by molar-refractivity contribution is 0.0686. The molecule has 6 heteroatoms. The van der Waals surface area contributed by atoms with E-state index in [1.807, 2.05) is 18.2 Å².